The molecule has 23 heavy (non-hydrogen) atoms. The van der Waals surface area contributed by atoms with E-state index in [0.717, 1.165) is 19.0 Å². The number of carbonyl (C=O) groups is 1. The lowest BCUT2D eigenvalue weighted by atomic mass is 9.92. The molecule has 0 radical (unpaired) electrons. The molecule has 5 nitrogen and oxygen atoms in total. The van der Waals surface area contributed by atoms with Crippen LogP contribution in [0.1, 0.15) is 37.4 Å². The van der Waals surface area contributed by atoms with Crippen LogP contribution in [0.3, 0.4) is 0 Å². The standard InChI is InChI=1S/C15H15F3N2O3/c16-9-10(17)12(19)8-13(11(9)18)20(6-3-1-2-4-6)5-7(14(8)21)15(22)23/h5-6,14,21H,1-4,19H2,(H,22,23). The van der Waals surface area contributed by atoms with Gasteiger partial charge in [0.2, 0.25) is 0 Å². The fourth-order valence-corrected chi connectivity index (χ4v) is 3.29. The van der Waals surface area contributed by atoms with Crippen LogP contribution < -0.4 is 10.6 Å². The highest BCUT2D eigenvalue weighted by atomic mass is 19.2. The van der Waals surface area contributed by atoms with E-state index < -0.39 is 46.3 Å². The van der Waals surface area contributed by atoms with Gasteiger partial charge in [0.15, 0.2) is 17.5 Å². The van der Waals surface area contributed by atoms with Crippen LogP contribution in [-0.2, 0) is 4.79 Å². The van der Waals surface area contributed by atoms with E-state index in [9.17, 15) is 28.2 Å². The molecule has 0 spiro atoms. The van der Waals surface area contributed by atoms with E-state index in [1.165, 1.54) is 4.90 Å². The number of hydrogen-bond donors (Lipinski definition) is 3. The number of carboxylic acid groups (broad SMARTS) is 1. The lowest BCUT2D eigenvalue weighted by Gasteiger charge is -2.36. The predicted octanol–water partition coefficient (Wildman–Crippen LogP) is 2.45. The number of nitrogens with zero attached hydrogens (tertiary/aromatic N) is 1. The van der Waals surface area contributed by atoms with Crippen molar-refractivity contribution in [1.82, 2.24) is 0 Å². The van der Waals surface area contributed by atoms with Gasteiger partial charge in [-0.1, -0.05) is 12.8 Å². The first-order valence-electron chi connectivity index (χ1n) is 7.21. The molecule has 2 aliphatic rings. The van der Waals surface area contributed by atoms with E-state index >= 15 is 0 Å². The van der Waals surface area contributed by atoms with Crippen LogP contribution in [0.4, 0.5) is 24.5 Å². The van der Waals surface area contributed by atoms with E-state index in [1.807, 2.05) is 0 Å². The highest BCUT2D eigenvalue weighted by Gasteiger charge is 2.39. The molecule has 1 aliphatic heterocycles. The van der Waals surface area contributed by atoms with E-state index in [-0.39, 0.29) is 11.7 Å². The summed E-state index contributed by atoms with van der Waals surface area (Å²) in [5.41, 5.74) is 3.44. The Morgan fingerprint density at radius 3 is 2.35 bits per heavy atom. The zero-order valence-corrected chi connectivity index (χ0v) is 12.0. The van der Waals surface area contributed by atoms with Gasteiger partial charge in [-0.3, -0.25) is 0 Å². The fraction of sp³-hybridized carbons (Fsp3) is 0.400. The molecule has 1 aromatic rings. The van der Waals surface area contributed by atoms with Gasteiger partial charge >= 0.3 is 5.97 Å². The van der Waals surface area contributed by atoms with Crippen LogP contribution in [0.5, 0.6) is 0 Å². The molecule has 0 aromatic heterocycles. The number of nitrogens with two attached hydrogens (primary N) is 1. The third kappa shape index (κ3) is 2.24. The Balaban J connectivity index is 2.27. The largest absolute Gasteiger partial charge is 0.478 e. The first-order valence-corrected chi connectivity index (χ1v) is 7.21. The van der Waals surface area contributed by atoms with Gasteiger partial charge in [-0.15, -0.1) is 0 Å². The lowest BCUT2D eigenvalue weighted by Crippen LogP contribution is -2.36. The van der Waals surface area contributed by atoms with Gasteiger partial charge in [0.1, 0.15) is 6.10 Å². The Morgan fingerprint density at radius 1 is 1.17 bits per heavy atom. The Labute approximate surface area is 129 Å². The van der Waals surface area contributed by atoms with Crippen LogP contribution >= 0.6 is 0 Å². The minimum atomic E-state index is -1.83. The van der Waals surface area contributed by atoms with Gasteiger partial charge in [-0.2, -0.15) is 0 Å². The average Bonchev–Trinajstić information content (AvgIpc) is 3.04. The number of rotatable bonds is 2. The van der Waals surface area contributed by atoms with Crippen LogP contribution in [-0.4, -0.2) is 22.2 Å². The SMILES string of the molecule is Nc1c(F)c(F)c(F)c2c1C(O)C(C(=O)O)=CN2C1CCCC1. The number of benzene rings is 1. The number of anilines is 2. The maximum atomic E-state index is 14.3. The molecule has 8 heteroatoms. The fourth-order valence-electron chi connectivity index (χ4n) is 3.29. The van der Waals surface area contributed by atoms with Gasteiger partial charge in [-0.05, 0) is 12.8 Å². The summed E-state index contributed by atoms with van der Waals surface area (Å²) >= 11 is 0. The van der Waals surface area contributed by atoms with Gasteiger partial charge in [0.05, 0.1) is 16.9 Å². The van der Waals surface area contributed by atoms with Crippen molar-refractivity contribution in [3.63, 3.8) is 0 Å². The first kappa shape index (κ1) is 15.7. The van der Waals surface area contributed by atoms with Crippen molar-refractivity contribution < 1.29 is 28.2 Å². The normalized spacial score (nSPS) is 21.3. The van der Waals surface area contributed by atoms with Crippen LogP contribution in [0.2, 0.25) is 0 Å². The van der Waals surface area contributed by atoms with Gasteiger partial charge in [0.25, 0.3) is 0 Å². The van der Waals surface area contributed by atoms with E-state index in [2.05, 4.69) is 0 Å². The molecule has 0 amide bonds. The van der Waals surface area contributed by atoms with Crippen molar-refractivity contribution in [2.75, 3.05) is 10.6 Å². The molecule has 1 aromatic carbocycles. The maximum Gasteiger partial charge on any atom is 0.336 e. The van der Waals surface area contributed by atoms with Crippen molar-refractivity contribution in [2.45, 2.75) is 37.8 Å². The van der Waals surface area contributed by atoms with Gasteiger partial charge < -0.3 is 20.8 Å². The second-order valence-electron chi connectivity index (χ2n) is 5.76. The summed E-state index contributed by atoms with van der Waals surface area (Å²) in [6.45, 7) is 0. The second-order valence-corrected chi connectivity index (χ2v) is 5.76. The highest BCUT2D eigenvalue weighted by molar-refractivity contribution is 5.92. The Morgan fingerprint density at radius 2 is 1.78 bits per heavy atom. The Bertz CT molecular complexity index is 715. The number of aliphatic hydroxyl groups is 1. The van der Waals surface area contributed by atoms with Crippen molar-refractivity contribution in [3.8, 4) is 0 Å². The molecular weight excluding hydrogens is 313 g/mol. The molecule has 124 valence electrons. The summed E-state index contributed by atoms with van der Waals surface area (Å²) in [6, 6.07) is -0.255. The second kappa shape index (κ2) is 5.45. The zero-order valence-electron chi connectivity index (χ0n) is 12.0. The summed E-state index contributed by atoms with van der Waals surface area (Å²) in [4.78, 5) is 12.6. The first-order chi connectivity index (χ1) is 10.8. The molecule has 1 heterocycles. The zero-order chi connectivity index (χ0) is 16.9. The van der Waals surface area contributed by atoms with Crippen molar-refractivity contribution >= 4 is 17.3 Å². The van der Waals surface area contributed by atoms with Crippen LogP contribution in [0.15, 0.2) is 11.8 Å². The topological polar surface area (TPSA) is 86.8 Å². The Kier molecular flexibility index (Phi) is 3.71. The molecular formula is C15H15F3N2O3. The van der Waals surface area contributed by atoms with Crippen molar-refractivity contribution in [3.05, 3.63) is 34.8 Å². The summed E-state index contributed by atoms with van der Waals surface area (Å²) in [5, 5.41) is 19.4. The number of nitrogen functional groups attached to an aromatic ring is 1. The molecule has 0 saturated heterocycles. The number of halogens is 3. The monoisotopic (exact) mass is 328 g/mol. The van der Waals surface area contributed by atoms with Gasteiger partial charge in [-0.25, -0.2) is 18.0 Å². The van der Waals surface area contributed by atoms with E-state index in [4.69, 9.17) is 5.73 Å². The quantitative estimate of drug-likeness (QED) is 0.573. The molecule has 1 atom stereocenters. The molecule has 4 N–H and O–H groups in total. The maximum absolute atomic E-state index is 14.3. The third-order valence-corrected chi connectivity index (χ3v) is 4.44. The Hall–Kier alpha value is -2.22. The molecule has 3 rings (SSSR count). The molecule has 0 bridgehead atoms. The van der Waals surface area contributed by atoms with Gasteiger partial charge in [0, 0.05) is 17.8 Å². The number of fused-ring (bicyclic) bond motifs is 1. The molecule has 1 unspecified atom stereocenters. The number of carboxylic acids is 1. The summed E-state index contributed by atoms with van der Waals surface area (Å²) in [6.07, 6.45) is 2.27. The third-order valence-electron chi connectivity index (χ3n) is 4.44. The van der Waals surface area contributed by atoms with E-state index in [1.54, 1.807) is 0 Å². The lowest BCUT2D eigenvalue weighted by molar-refractivity contribution is -0.133. The number of aliphatic hydroxyl groups excluding tert-OH is 1. The minimum Gasteiger partial charge on any atom is -0.478 e. The summed E-state index contributed by atoms with van der Waals surface area (Å²) in [5.74, 6) is -6.27. The van der Waals surface area contributed by atoms with Crippen molar-refractivity contribution in [2.24, 2.45) is 0 Å². The highest BCUT2D eigenvalue weighted by Crippen LogP contribution is 2.46. The number of hydrogen-bond acceptors (Lipinski definition) is 4. The minimum absolute atomic E-state index is 0.255. The summed E-state index contributed by atoms with van der Waals surface area (Å²) in [7, 11) is 0. The van der Waals surface area contributed by atoms with Crippen molar-refractivity contribution in [1.29, 1.82) is 0 Å². The average molecular weight is 328 g/mol. The smallest absolute Gasteiger partial charge is 0.336 e. The summed E-state index contributed by atoms with van der Waals surface area (Å²) < 4.78 is 41.8. The van der Waals surface area contributed by atoms with E-state index in [0.29, 0.717) is 12.8 Å². The number of aliphatic carboxylic acids is 1. The van der Waals surface area contributed by atoms with Crippen LogP contribution in [0, 0.1) is 17.5 Å². The molecule has 1 fully saturated rings. The molecule has 1 saturated carbocycles. The van der Waals surface area contributed by atoms with Crippen LogP contribution in [0.25, 0.3) is 0 Å². The molecule has 1 aliphatic carbocycles. The predicted molar refractivity (Wildman–Crippen MR) is 76.1 cm³/mol.